The van der Waals surface area contributed by atoms with E-state index in [1.807, 2.05) is 13.8 Å². The molecule has 2 rings (SSSR count). The van der Waals surface area contributed by atoms with Crippen LogP contribution in [0.5, 0.6) is 0 Å². The van der Waals surface area contributed by atoms with Crippen LogP contribution in [-0.2, 0) is 6.54 Å². The lowest BCUT2D eigenvalue weighted by molar-refractivity contribution is 0.0947. The Morgan fingerprint density at radius 2 is 2.26 bits per heavy atom. The predicted octanol–water partition coefficient (Wildman–Crippen LogP) is 2.78. The number of carbonyl (C=O) groups is 1. The predicted molar refractivity (Wildman–Crippen MR) is 71.0 cm³/mol. The van der Waals surface area contributed by atoms with Crippen molar-refractivity contribution in [3.05, 3.63) is 46.6 Å². The topological polar surface area (TPSA) is 68.0 Å². The van der Waals surface area contributed by atoms with Crippen LogP contribution in [0, 0.1) is 0 Å². The second-order valence-electron chi connectivity index (χ2n) is 4.42. The number of halogens is 1. The van der Waals surface area contributed by atoms with E-state index in [2.05, 4.69) is 15.5 Å². The first-order valence-corrected chi connectivity index (χ1v) is 6.29. The first kappa shape index (κ1) is 13.5. The van der Waals surface area contributed by atoms with Crippen LogP contribution in [0.2, 0.25) is 5.15 Å². The monoisotopic (exact) mass is 279 g/mol. The number of rotatable bonds is 4. The van der Waals surface area contributed by atoms with E-state index < -0.39 is 0 Å². The van der Waals surface area contributed by atoms with Gasteiger partial charge in [0.15, 0.2) is 5.76 Å². The van der Waals surface area contributed by atoms with E-state index in [4.69, 9.17) is 16.1 Å². The summed E-state index contributed by atoms with van der Waals surface area (Å²) in [7, 11) is 0. The molecule has 19 heavy (non-hydrogen) atoms. The molecule has 0 bridgehead atoms. The fourth-order valence-corrected chi connectivity index (χ4v) is 1.76. The van der Waals surface area contributed by atoms with Gasteiger partial charge in [0.1, 0.15) is 5.15 Å². The molecule has 0 fully saturated rings. The van der Waals surface area contributed by atoms with Crippen molar-refractivity contribution in [1.82, 2.24) is 15.5 Å². The Morgan fingerprint density at radius 1 is 1.47 bits per heavy atom. The number of nitrogens with one attached hydrogen (secondary N) is 1. The highest BCUT2D eigenvalue weighted by molar-refractivity contribution is 6.29. The molecule has 0 atom stereocenters. The quantitative estimate of drug-likeness (QED) is 0.874. The van der Waals surface area contributed by atoms with E-state index in [0.29, 0.717) is 16.5 Å². The van der Waals surface area contributed by atoms with E-state index in [1.165, 1.54) is 6.20 Å². The van der Waals surface area contributed by atoms with Gasteiger partial charge < -0.3 is 9.84 Å². The minimum absolute atomic E-state index is 0.208. The first-order chi connectivity index (χ1) is 9.06. The van der Waals surface area contributed by atoms with Crippen molar-refractivity contribution in [1.29, 1.82) is 0 Å². The van der Waals surface area contributed by atoms with Crippen molar-refractivity contribution >= 4 is 17.5 Å². The van der Waals surface area contributed by atoms with Gasteiger partial charge in [0.2, 0.25) is 0 Å². The lowest BCUT2D eigenvalue weighted by Crippen LogP contribution is -2.23. The molecule has 2 aromatic rings. The van der Waals surface area contributed by atoms with Crippen LogP contribution in [0.15, 0.2) is 28.9 Å². The third-order valence-corrected chi connectivity index (χ3v) is 2.78. The molecule has 2 aromatic heterocycles. The maximum Gasteiger partial charge on any atom is 0.251 e. The minimum atomic E-state index is -0.220. The van der Waals surface area contributed by atoms with Gasteiger partial charge in [0.05, 0.1) is 12.7 Å². The molecule has 100 valence electrons. The maximum absolute atomic E-state index is 12.0. The summed E-state index contributed by atoms with van der Waals surface area (Å²) >= 11 is 5.92. The van der Waals surface area contributed by atoms with Crippen LogP contribution in [0.1, 0.15) is 41.6 Å². The van der Waals surface area contributed by atoms with Gasteiger partial charge in [-0.15, -0.1) is 0 Å². The number of hydrogen-bond donors (Lipinski definition) is 1. The van der Waals surface area contributed by atoms with E-state index in [9.17, 15) is 4.79 Å². The third kappa shape index (κ3) is 3.54. The van der Waals surface area contributed by atoms with Crippen molar-refractivity contribution in [3.8, 4) is 0 Å². The summed E-state index contributed by atoms with van der Waals surface area (Å²) in [6.45, 7) is 4.28. The Morgan fingerprint density at radius 3 is 2.89 bits per heavy atom. The molecule has 5 nitrogen and oxygen atoms in total. The van der Waals surface area contributed by atoms with E-state index in [-0.39, 0.29) is 18.4 Å². The zero-order valence-corrected chi connectivity index (χ0v) is 11.4. The van der Waals surface area contributed by atoms with E-state index in [1.54, 1.807) is 18.2 Å². The van der Waals surface area contributed by atoms with Crippen molar-refractivity contribution in [2.75, 3.05) is 0 Å². The lowest BCUT2D eigenvalue weighted by Gasteiger charge is -2.08. The minimum Gasteiger partial charge on any atom is -0.360 e. The maximum atomic E-state index is 12.0. The molecule has 0 aliphatic heterocycles. The smallest absolute Gasteiger partial charge is 0.251 e. The molecule has 0 saturated heterocycles. The molecule has 0 unspecified atom stereocenters. The van der Waals surface area contributed by atoms with Crippen LogP contribution in [-0.4, -0.2) is 16.0 Å². The highest BCUT2D eigenvalue weighted by Gasteiger charge is 2.11. The van der Waals surface area contributed by atoms with Gasteiger partial charge in [-0.25, -0.2) is 4.98 Å². The van der Waals surface area contributed by atoms with Gasteiger partial charge >= 0.3 is 0 Å². The van der Waals surface area contributed by atoms with Crippen LogP contribution < -0.4 is 5.32 Å². The molecule has 1 amide bonds. The number of aromatic nitrogens is 2. The summed E-state index contributed by atoms with van der Waals surface area (Å²) in [5.74, 6) is 0.583. The van der Waals surface area contributed by atoms with Crippen molar-refractivity contribution in [2.45, 2.75) is 26.3 Å². The zero-order chi connectivity index (χ0) is 13.8. The SMILES string of the molecule is CC(C)c1cc(C(=O)NCc2ccno2)cc(Cl)n1. The summed E-state index contributed by atoms with van der Waals surface area (Å²) in [6, 6.07) is 4.98. The lowest BCUT2D eigenvalue weighted by atomic mass is 10.1. The van der Waals surface area contributed by atoms with Crippen LogP contribution in [0.3, 0.4) is 0 Å². The fourth-order valence-electron chi connectivity index (χ4n) is 1.55. The number of amides is 1. The second kappa shape index (κ2) is 5.84. The molecule has 0 saturated carbocycles. The molecule has 0 aliphatic carbocycles. The van der Waals surface area contributed by atoms with Gasteiger partial charge in [-0.1, -0.05) is 30.6 Å². The van der Waals surface area contributed by atoms with E-state index >= 15 is 0 Å². The molecule has 0 spiro atoms. The summed E-state index contributed by atoms with van der Waals surface area (Å²) in [5.41, 5.74) is 1.28. The standard InChI is InChI=1S/C13H14ClN3O2/c1-8(2)11-5-9(6-12(14)17-11)13(18)15-7-10-3-4-16-19-10/h3-6,8H,7H2,1-2H3,(H,15,18). The average Bonchev–Trinajstić information content (AvgIpc) is 2.88. The van der Waals surface area contributed by atoms with Crippen LogP contribution >= 0.6 is 11.6 Å². The second-order valence-corrected chi connectivity index (χ2v) is 4.81. The van der Waals surface area contributed by atoms with Gasteiger partial charge in [-0.3, -0.25) is 4.79 Å². The summed E-state index contributed by atoms with van der Waals surface area (Å²) in [4.78, 5) is 16.2. The summed E-state index contributed by atoms with van der Waals surface area (Å²) < 4.78 is 4.90. The van der Waals surface area contributed by atoms with Gasteiger partial charge in [0.25, 0.3) is 5.91 Å². The van der Waals surface area contributed by atoms with Crippen molar-refractivity contribution in [3.63, 3.8) is 0 Å². The van der Waals surface area contributed by atoms with Crippen molar-refractivity contribution in [2.24, 2.45) is 0 Å². The zero-order valence-electron chi connectivity index (χ0n) is 10.7. The van der Waals surface area contributed by atoms with Crippen LogP contribution in [0.25, 0.3) is 0 Å². The highest BCUT2D eigenvalue weighted by Crippen LogP contribution is 2.17. The Balaban J connectivity index is 2.10. The molecule has 0 radical (unpaired) electrons. The molecule has 0 aromatic carbocycles. The normalized spacial score (nSPS) is 10.7. The average molecular weight is 280 g/mol. The molecular weight excluding hydrogens is 266 g/mol. The number of nitrogens with zero attached hydrogens (tertiary/aromatic N) is 2. The number of carbonyl (C=O) groups excluding carboxylic acids is 1. The Kier molecular flexibility index (Phi) is 4.16. The Bertz CT molecular complexity index is 567. The third-order valence-electron chi connectivity index (χ3n) is 2.58. The fraction of sp³-hybridized carbons (Fsp3) is 0.308. The number of pyridine rings is 1. The molecular formula is C13H14ClN3O2. The molecule has 2 heterocycles. The Labute approximate surface area is 116 Å². The van der Waals surface area contributed by atoms with Gasteiger partial charge in [0, 0.05) is 17.3 Å². The van der Waals surface area contributed by atoms with E-state index in [0.717, 1.165) is 5.69 Å². The Hall–Kier alpha value is -1.88. The molecule has 0 aliphatic rings. The summed E-state index contributed by atoms with van der Waals surface area (Å²) in [5, 5.41) is 6.62. The first-order valence-electron chi connectivity index (χ1n) is 5.91. The summed E-state index contributed by atoms with van der Waals surface area (Å²) in [6.07, 6.45) is 1.53. The molecule has 1 N–H and O–H groups in total. The largest absolute Gasteiger partial charge is 0.360 e. The number of hydrogen-bond acceptors (Lipinski definition) is 4. The van der Waals surface area contributed by atoms with Crippen LogP contribution in [0.4, 0.5) is 0 Å². The van der Waals surface area contributed by atoms with Gasteiger partial charge in [-0.05, 0) is 18.1 Å². The van der Waals surface area contributed by atoms with Crippen molar-refractivity contribution < 1.29 is 9.32 Å². The highest BCUT2D eigenvalue weighted by atomic mass is 35.5. The molecule has 6 heteroatoms. The van der Waals surface area contributed by atoms with Gasteiger partial charge in [-0.2, -0.15) is 0 Å².